The molecule has 0 radical (unpaired) electrons. The summed E-state index contributed by atoms with van der Waals surface area (Å²) in [5, 5.41) is 12.9. The molecular weight excluding hydrogens is 226 g/mol. The molecule has 90 valence electrons. The van der Waals surface area contributed by atoms with Crippen LogP contribution in [0, 0.1) is 0 Å². The molecule has 0 saturated carbocycles. The summed E-state index contributed by atoms with van der Waals surface area (Å²) >= 11 is 1.62. The maximum absolute atomic E-state index is 10.8. The Bertz CT molecular complexity index is 313. The van der Waals surface area contributed by atoms with Crippen LogP contribution in [-0.2, 0) is 9.53 Å². The molecule has 16 heavy (non-hydrogen) atoms. The van der Waals surface area contributed by atoms with Gasteiger partial charge in [-0.3, -0.25) is 9.69 Å². The van der Waals surface area contributed by atoms with Gasteiger partial charge in [-0.15, -0.1) is 0 Å². The van der Waals surface area contributed by atoms with Crippen molar-refractivity contribution in [1.82, 2.24) is 4.90 Å². The molecule has 1 unspecified atom stereocenters. The number of aliphatic carboxylic acids is 1. The summed E-state index contributed by atoms with van der Waals surface area (Å²) < 4.78 is 4.99. The largest absolute Gasteiger partial charge is 0.480 e. The molecule has 1 aromatic heterocycles. The van der Waals surface area contributed by atoms with Gasteiger partial charge in [0.25, 0.3) is 0 Å². The summed E-state index contributed by atoms with van der Waals surface area (Å²) in [6.45, 7) is 3.22. The molecule has 1 rings (SSSR count). The highest BCUT2D eigenvalue weighted by Gasteiger charge is 2.18. The highest BCUT2D eigenvalue weighted by atomic mass is 32.1. The van der Waals surface area contributed by atoms with Gasteiger partial charge in [-0.2, -0.15) is 11.3 Å². The minimum atomic E-state index is -0.807. The normalized spacial score (nSPS) is 12.9. The van der Waals surface area contributed by atoms with Crippen LogP contribution in [0.25, 0.3) is 0 Å². The monoisotopic (exact) mass is 243 g/mol. The van der Waals surface area contributed by atoms with Crippen molar-refractivity contribution >= 4 is 17.3 Å². The van der Waals surface area contributed by atoms with Gasteiger partial charge in [-0.25, -0.2) is 0 Å². The summed E-state index contributed by atoms with van der Waals surface area (Å²) in [6, 6.07) is 2.13. The van der Waals surface area contributed by atoms with Gasteiger partial charge in [0.15, 0.2) is 0 Å². The quantitative estimate of drug-likeness (QED) is 0.794. The summed E-state index contributed by atoms with van der Waals surface area (Å²) in [7, 11) is 1.62. The maximum Gasteiger partial charge on any atom is 0.317 e. The maximum atomic E-state index is 10.8. The molecule has 0 amide bonds. The van der Waals surface area contributed by atoms with Crippen molar-refractivity contribution in [1.29, 1.82) is 0 Å². The lowest BCUT2D eigenvalue weighted by Crippen LogP contribution is -2.34. The van der Waals surface area contributed by atoms with E-state index in [0.29, 0.717) is 13.2 Å². The van der Waals surface area contributed by atoms with Crippen LogP contribution >= 0.6 is 11.3 Å². The molecule has 1 aromatic rings. The molecule has 0 spiro atoms. The number of nitrogens with zero attached hydrogens (tertiary/aromatic N) is 1. The smallest absolute Gasteiger partial charge is 0.317 e. The summed E-state index contributed by atoms with van der Waals surface area (Å²) in [4.78, 5) is 12.7. The van der Waals surface area contributed by atoms with Gasteiger partial charge in [0.2, 0.25) is 0 Å². The molecule has 0 aliphatic carbocycles. The fourth-order valence-electron chi connectivity index (χ4n) is 1.52. The van der Waals surface area contributed by atoms with Crippen molar-refractivity contribution in [2.24, 2.45) is 0 Å². The van der Waals surface area contributed by atoms with Crippen LogP contribution in [0.3, 0.4) is 0 Å². The second kappa shape index (κ2) is 6.62. The van der Waals surface area contributed by atoms with Crippen LogP contribution in [0.1, 0.15) is 18.5 Å². The topological polar surface area (TPSA) is 49.8 Å². The van der Waals surface area contributed by atoms with E-state index in [1.807, 2.05) is 28.7 Å². The van der Waals surface area contributed by atoms with E-state index in [4.69, 9.17) is 9.84 Å². The molecule has 0 aliphatic heterocycles. The fourth-order valence-corrected chi connectivity index (χ4v) is 2.26. The molecule has 0 bridgehead atoms. The van der Waals surface area contributed by atoms with E-state index in [1.54, 1.807) is 18.4 Å². The number of carboxylic acid groups (broad SMARTS) is 1. The van der Waals surface area contributed by atoms with Crippen LogP contribution in [0.5, 0.6) is 0 Å². The van der Waals surface area contributed by atoms with E-state index in [0.717, 1.165) is 5.56 Å². The molecular formula is C11H17NO3S. The Labute approximate surface area is 99.5 Å². The van der Waals surface area contributed by atoms with Crippen LogP contribution in [-0.4, -0.2) is 42.8 Å². The average molecular weight is 243 g/mol. The Kier molecular flexibility index (Phi) is 5.45. The lowest BCUT2D eigenvalue weighted by atomic mass is 10.1. The van der Waals surface area contributed by atoms with Gasteiger partial charge in [0.05, 0.1) is 13.2 Å². The lowest BCUT2D eigenvalue weighted by Gasteiger charge is -2.26. The summed E-state index contributed by atoms with van der Waals surface area (Å²) in [5.41, 5.74) is 1.15. The molecule has 1 atom stereocenters. The third-order valence-electron chi connectivity index (χ3n) is 2.49. The average Bonchev–Trinajstić information content (AvgIpc) is 2.76. The second-order valence-corrected chi connectivity index (χ2v) is 4.37. The zero-order valence-corrected chi connectivity index (χ0v) is 10.4. The Morgan fingerprint density at radius 3 is 2.94 bits per heavy atom. The van der Waals surface area contributed by atoms with E-state index in [9.17, 15) is 4.79 Å². The molecule has 5 heteroatoms. The Hall–Kier alpha value is -0.910. The Morgan fingerprint density at radius 1 is 1.69 bits per heavy atom. The number of carboxylic acids is 1. The lowest BCUT2D eigenvalue weighted by molar-refractivity contribution is -0.139. The van der Waals surface area contributed by atoms with Crippen molar-refractivity contribution in [2.75, 3.05) is 26.8 Å². The first-order valence-corrected chi connectivity index (χ1v) is 6.06. The van der Waals surface area contributed by atoms with E-state index >= 15 is 0 Å². The standard InChI is InChI=1S/C11H17NO3S/c1-9(10-3-6-16-8-10)12(4-5-15-2)7-11(13)14/h3,6,8-9H,4-5,7H2,1-2H3,(H,13,14). The molecule has 0 saturated heterocycles. The zero-order chi connectivity index (χ0) is 12.0. The fraction of sp³-hybridized carbons (Fsp3) is 0.545. The number of hydrogen-bond donors (Lipinski definition) is 1. The van der Waals surface area contributed by atoms with E-state index in [2.05, 4.69) is 0 Å². The van der Waals surface area contributed by atoms with Crippen LogP contribution in [0.2, 0.25) is 0 Å². The third kappa shape index (κ3) is 3.92. The van der Waals surface area contributed by atoms with Crippen molar-refractivity contribution in [3.8, 4) is 0 Å². The predicted molar refractivity (Wildman–Crippen MR) is 63.8 cm³/mol. The van der Waals surface area contributed by atoms with E-state index in [-0.39, 0.29) is 12.6 Å². The first-order valence-electron chi connectivity index (χ1n) is 5.12. The van der Waals surface area contributed by atoms with E-state index < -0.39 is 5.97 Å². The molecule has 1 heterocycles. The number of methoxy groups -OCH3 is 1. The number of hydrogen-bond acceptors (Lipinski definition) is 4. The van der Waals surface area contributed by atoms with Crippen molar-refractivity contribution in [3.63, 3.8) is 0 Å². The highest BCUT2D eigenvalue weighted by molar-refractivity contribution is 7.07. The molecule has 4 nitrogen and oxygen atoms in total. The van der Waals surface area contributed by atoms with Crippen molar-refractivity contribution in [3.05, 3.63) is 22.4 Å². The Morgan fingerprint density at radius 2 is 2.44 bits per heavy atom. The van der Waals surface area contributed by atoms with E-state index in [1.165, 1.54) is 0 Å². The highest BCUT2D eigenvalue weighted by Crippen LogP contribution is 2.21. The molecule has 0 fully saturated rings. The molecule has 1 N–H and O–H groups in total. The van der Waals surface area contributed by atoms with Crippen molar-refractivity contribution in [2.45, 2.75) is 13.0 Å². The van der Waals surface area contributed by atoms with Gasteiger partial charge in [0, 0.05) is 19.7 Å². The van der Waals surface area contributed by atoms with Gasteiger partial charge in [0.1, 0.15) is 0 Å². The minimum Gasteiger partial charge on any atom is -0.480 e. The molecule has 0 aromatic carbocycles. The number of thiophene rings is 1. The van der Waals surface area contributed by atoms with Crippen LogP contribution in [0.15, 0.2) is 16.8 Å². The predicted octanol–water partition coefficient (Wildman–Crippen LogP) is 1.84. The van der Waals surface area contributed by atoms with Gasteiger partial charge in [-0.05, 0) is 29.3 Å². The Balaban J connectivity index is 2.63. The molecule has 0 aliphatic rings. The number of rotatable bonds is 7. The first-order chi connectivity index (χ1) is 7.65. The second-order valence-electron chi connectivity index (χ2n) is 3.59. The number of carbonyl (C=O) groups is 1. The van der Waals surface area contributed by atoms with Gasteiger partial charge >= 0.3 is 5.97 Å². The third-order valence-corrected chi connectivity index (χ3v) is 3.20. The SMILES string of the molecule is COCCN(CC(=O)O)C(C)c1ccsc1. The zero-order valence-electron chi connectivity index (χ0n) is 9.55. The summed E-state index contributed by atoms with van der Waals surface area (Å²) in [5.74, 6) is -0.807. The van der Waals surface area contributed by atoms with Gasteiger partial charge < -0.3 is 9.84 Å². The first kappa shape index (κ1) is 13.2. The van der Waals surface area contributed by atoms with Crippen LogP contribution in [0.4, 0.5) is 0 Å². The van der Waals surface area contributed by atoms with Crippen LogP contribution < -0.4 is 0 Å². The minimum absolute atomic E-state index is 0.0420. The summed E-state index contributed by atoms with van der Waals surface area (Å²) in [6.07, 6.45) is 0. The number of ether oxygens (including phenoxy) is 1. The van der Waals surface area contributed by atoms with Crippen molar-refractivity contribution < 1.29 is 14.6 Å². The van der Waals surface area contributed by atoms with Gasteiger partial charge in [-0.1, -0.05) is 0 Å².